The minimum atomic E-state index is 0.534. The number of hydrogen-bond acceptors (Lipinski definition) is 5. The van der Waals surface area contributed by atoms with Crippen LogP contribution in [0, 0.1) is 6.92 Å². The van der Waals surface area contributed by atoms with Crippen molar-refractivity contribution in [1.82, 2.24) is 9.97 Å². The maximum atomic E-state index is 6.24. The van der Waals surface area contributed by atoms with Crippen molar-refractivity contribution in [2.45, 2.75) is 20.4 Å². The van der Waals surface area contributed by atoms with Crippen LogP contribution in [0.4, 0.5) is 5.82 Å². The molecule has 1 aromatic carbocycles. The van der Waals surface area contributed by atoms with Crippen molar-refractivity contribution < 1.29 is 9.47 Å². The van der Waals surface area contributed by atoms with Gasteiger partial charge in [0.15, 0.2) is 11.5 Å². The van der Waals surface area contributed by atoms with E-state index in [0.717, 1.165) is 17.1 Å². The van der Waals surface area contributed by atoms with Crippen molar-refractivity contribution in [3.8, 4) is 11.5 Å². The molecule has 0 atom stereocenters. The first kappa shape index (κ1) is 15.4. The lowest BCUT2D eigenvalue weighted by molar-refractivity contribution is 0.311. The zero-order valence-electron chi connectivity index (χ0n) is 12.3. The third-order valence-corrected chi connectivity index (χ3v) is 3.14. The van der Waals surface area contributed by atoms with E-state index in [1.54, 1.807) is 7.11 Å². The Labute approximate surface area is 129 Å². The molecule has 0 amide bonds. The van der Waals surface area contributed by atoms with Crippen molar-refractivity contribution in [3.63, 3.8) is 0 Å². The molecule has 2 aromatic rings. The highest BCUT2D eigenvalue weighted by Crippen LogP contribution is 2.36. The Morgan fingerprint density at radius 1 is 1.24 bits per heavy atom. The highest BCUT2D eigenvalue weighted by molar-refractivity contribution is 6.32. The lowest BCUT2D eigenvalue weighted by Crippen LogP contribution is -2.03. The van der Waals surface area contributed by atoms with E-state index in [9.17, 15) is 0 Å². The molecule has 0 radical (unpaired) electrons. The molecule has 0 aliphatic carbocycles. The molecule has 0 fully saturated rings. The fourth-order valence-corrected chi connectivity index (χ4v) is 2.19. The van der Waals surface area contributed by atoms with Gasteiger partial charge in [-0.05, 0) is 31.5 Å². The summed E-state index contributed by atoms with van der Waals surface area (Å²) in [6, 6.07) is 5.64. The first-order valence-electron chi connectivity index (χ1n) is 6.65. The average Bonchev–Trinajstić information content (AvgIpc) is 2.47. The van der Waals surface area contributed by atoms with Crippen molar-refractivity contribution in [2.75, 3.05) is 19.0 Å². The normalized spacial score (nSPS) is 10.3. The van der Waals surface area contributed by atoms with E-state index in [4.69, 9.17) is 21.1 Å². The number of methoxy groups -OCH3 is 1. The second-order valence-corrected chi connectivity index (χ2v) is 4.85. The van der Waals surface area contributed by atoms with E-state index in [-0.39, 0.29) is 0 Å². The van der Waals surface area contributed by atoms with Crippen LogP contribution < -0.4 is 14.8 Å². The summed E-state index contributed by atoms with van der Waals surface area (Å²) in [5, 5.41) is 3.76. The third kappa shape index (κ3) is 3.98. The van der Waals surface area contributed by atoms with Gasteiger partial charge in [-0.2, -0.15) is 0 Å². The van der Waals surface area contributed by atoms with Gasteiger partial charge in [0.2, 0.25) is 0 Å². The van der Waals surface area contributed by atoms with E-state index < -0.39 is 0 Å². The average molecular weight is 308 g/mol. The molecule has 0 bridgehead atoms. The van der Waals surface area contributed by atoms with Crippen molar-refractivity contribution in [2.24, 2.45) is 0 Å². The molecule has 0 unspecified atom stereocenters. The third-order valence-electron chi connectivity index (χ3n) is 2.86. The summed E-state index contributed by atoms with van der Waals surface area (Å²) in [6.07, 6.45) is 1.53. The van der Waals surface area contributed by atoms with Crippen molar-refractivity contribution in [3.05, 3.63) is 40.8 Å². The summed E-state index contributed by atoms with van der Waals surface area (Å²) in [4.78, 5) is 8.22. The zero-order chi connectivity index (χ0) is 15.2. The van der Waals surface area contributed by atoms with Crippen LogP contribution in [0.1, 0.15) is 18.2 Å². The Morgan fingerprint density at radius 2 is 2.05 bits per heavy atom. The van der Waals surface area contributed by atoms with Gasteiger partial charge in [0, 0.05) is 18.3 Å². The number of ether oxygens (including phenoxy) is 2. The summed E-state index contributed by atoms with van der Waals surface area (Å²) >= 11 is 6.24. The molecule has 112 valence electrons. The number of nitrogens with zero attached hydrogens (tertiary/aromatic N) is 2. The summed E-state index contributed by atoms with van der Waals surface area (Å²) in [7, 11) is 1.60. The van der Waals surface area contributed by atoms with E-state index >= 15 is 0 Å². The van der Waals surface area contributed by atoms with Crippen LogP contribution in [0.3, 0.4) is 0 Å². The quantitative estimate of drug-likeness (QED) is 0.885. The molecule has 0 saturated heterocycles. The number of aryl methyl sites for hydroxylation is 1. The summed E-state index contributed by atoms with van der Waals surface area (Å²) < 4.78 is 10.8. The Balaban J connectivity index is 2.15. The maximum absolute atomic E-state index is 6.24. The first-order valence-corrected chi connectivity index (χ1v) is 7.03. The Kier molecular flexibility index (Phi) is 5.22. The van der Waals surface area contributed by atoms with Gasteiger partial charge in [-0.1, -0.05) is 11.6 Å². The second-order valence-electron chi connectivity index (χ2n) is 4.44. The van der Waals surface area contributed by atoms with Crippen LogP contribution in [0.15, 0.2) is 24.5 Å². The molecular formula is C15H18ClN3O2. The van der Waals surface area contributed by atoms with Crippen LogP contribution in [-0.4, -0.2) is 23.7 Å². The van der Waals surface area contributed by atoms with E-state index in [1.165, 1.54) is 6.33 Å². The molecular weight excluding hydrogens is 290 g/mol. The predicted molar refractivity (Wildman–Crippen MR) is 83.3 cm³/mol. The predicted octanol–water partition coefficient (Wildman–Crippen LogP) is 3.46. The standard InChI is InChI=1S/C15H18ClN3O2/c1-4-21-15-12(16)6-11(7-13(15)20-3)8-17-14-5-10(2)18-9-19-14/h5-7,9H,4,8H2,1-3H3,(H,17,18,19). The molecule has 5 nitrogen and oxygen atoms in total. The van der Waals surface area contributed by atoms with Crippen molar-refractivity contribution >= 4 is 17.4 Å². The van der Waals surface area contributed by atoms with Gasteiger partial charge in [0.25, 0.3) is 0 Å². The highest BCUT2D eigenvalue weighted by atomic mass is 35.5. The summed E-state index contributed by atoms with van der Waals surface area (Å²) in [5.74, 6) is 1.97. The van der Waals surface area contributed by atoms with Gasteiger partial charge < -0.3 is 14.8 Å². The van der Waals surface area contributed by atoms with Gasteiger partial charge in [0.05, 0.1) is 18.7 Å². The van der Waals surface area contributed by atoms with Gasteiger partial charge in [-0.15, -0.1) is 0 Å². The van der Waals surface area contributed by atoms with E-state index in [2.05, 4.69) is 15.3 Å². The lowest BCUT2D eigenvalue weighted by Gasteiger charge is -2.13. The molecule has 0 saturated carbocycles. The number of halogens is 1. The minimum Gasteiger partial charge on any atom is -0.493 e. The molecule has 0 aliphatic heterocycles. The zero-order valence-corrected chi connectivity index (χ0v) is 13.1. The summed E-state index contributed by atoms with van der Waals surface area (Å²) in [6.45, 7) is 4.94. The van der Waals surface area contributed by atoms with Gasteiger partial charge in [0.1, 0.15) is 12.1 Å². The van der Waals surface area contributed by atoms with Gasteiger partial charge in [-0.25, -0.2) is 9.97 Å². The van der Waals surface area contributed by atoms with E-state index in [0.29, 0.717) is 29.7 Å². The molecule has 21 heavy (non-hydrogen) atoms. The number of rotatable bonds is 6. The minimum absolute atomic E-state index is 0.534. The number of hydrogen-bond donors (Lipinski definition) is 1. The van der Waals surface area contributed by atoms with Crippen molar-refractivity contribution in [1.29, 1.82) is 0 Å². The number of anilines is 1. The van der Waals surface area contributed by atoms with Crippen LogP contribution >= 0.6 is 11.6 Å². The number of benzene rings is 1. The molecule has 1 aromatic heterocycles. The maximum Gasteiger partial charge on any atom is 0.179 e. The van der Waals surface area contributed by atoms with Crippen LogP contribution in [0.25, 0.3) is 0 Å². The van der Waals surface area contributed by atoms with Crippen LogP contribution in [0.2, 0.25) is 5.02 Å². The Bertz CT molecular complexity index is 620. The molecule has 1 heterocycles. The van der Waals surface area contributed by atoms with E-state index in [1.807, 2.05) is 32.0 Å². The number of nitrogens with one attached hydrogen (secondary N) is 1. The SMILES string of the molecule is CCOc1c(Cl)cc(CNc2cc(C)ncn2)cc1OC. The van der Waals surface area contributed by atoms with Gasteiger partial charge >= 0.3 is 0 Å². The smallest absolute Gasteiger partial charge is 0.179 e. The lowest BCUT2D eigenvalue weighted by atomic mass is 10.2. The largest absolute Gasteiger partial charge is 0.493 e. The Morgan fingerprint density at radius 3 is 2.71 bits per heavy atom. The van der Waals surface area contributed by atoms with Crippen LogP contribution in [-0.2, 0) is 6.54 Å². The fraction of sp³-hybridized carbons (Fsp3) is 0.333. The Hall–Kier alpha value is -2.01. The van der Waals surface area contributed by atoms with Gasteiger partial charge in [-0.3, -0.25) is 0 Å². The molecule has 0 aliphatic rings. The molecule has 6 heteroatoms. The highest BCUT2D eigenvalue weighted by Gasteiger charge is 2.11. The molecule has 1 N–H and O–H groups in total. The first-order chi connectivity index (χ1) is 10.1. The molecule has 2 rings (SSSR count). The molecule has 0 spiro atoms. The number of aromatic nitrogens is 2. The topological polar surface area (TPSA) is 56.3 Å². The second kappa shape index (κ2) is 7.13. The monoisotopic (exact) mass is 307 g/mol. The summed E-state index contributed by atoms with van der Waals surface area (Å²) in [5.41, 5.74) is 1.89. The fourth-order valence-electron chi connectivity index (χ4n) is 1.90. The van der Waals surface area contributed by atoms with Crippen LogP contribution in [0.5, 0.6) is 11.5 Å².